The standard InChI is InChI=1S/C28H36F2O3/c1-27-12-5-4-6-19(27)8-9-20-21(27)11-13-28(2)22(20)16-18(25(28)31)14-17-7-10-23(33-26(29)30)24(15-17)32-3/h7,10,14-15,19-22,26H,4-6,8-9,11-13,16H2,1-3H3/b18-14-/t19-,20-,21+,22+,27-,28-/m0/s1. The number of carbonyl (C=O) groups excluding carboxylic acids is 1. The summed E-state index contributed by atoms with van der Waals surface area (Å²) in [7, 11) is 1.43. The molecule has 4 saturated carbocycles. The highest BCUT2D eigenvalue weighted by atomic mass is 19.3. The Morgan fingerprint density at radius 1 is 1.03 bits per heavy atom. The molecule has 0 spiro atoms. The van der Waals surface area contributed by atoms with Crippen LogP contribution >= 0.6 is 0 Å². The van der Waals surface area contributed by atoms with Crippen molar-refractivity contribution in [1.29, 1.82) is 0 Å². The zero-order valence-electron chi connectivity index (χ0n) is 20.0. The monoisotopic (exact) mass is 458 g/mol. The number of methoxy groups -OCH3 is 1. The second-order valence-corrected chi connectivity index (χ2v) is 11.4. The van der Waals surface area contributed by atoms with Gasteiger partial charge in [-0.05, 0) is 103 Å². The van der Waals surface area contributed by atoms with Gasteiger partial charge in [-0.25, -0.2) is 0 Å². The quantitative estimate of drug-likeness (QED) is 0.444. The largest absolute Gasteiger partial charge is 0.493 e. The van der Waals surface area contributed by atoms with Crippen LogP contribution in [0.15, 0.2) is 23.8 Å². The van der Waals surface area contributed by atoms with Gasteiger partial charge >= 0.3 is 6.61 Å². The number of hydrogen-bond acceptors (Lipinski definition) is 3. The normalized spacial score (nSPS) is 39.2. The topological polar surface area (TPSA) is 35.5 Å². The minimum Gasteiger partial charge on any atom is -0.493 e. The van der Waals surface area contributed by atoms with Gasteiger partial charge in [0, 0.05) is 5.41 Å². The number of carbonyl (C=O) groups is 1. The summed E-state index contributed by atoms with van der Waals surface area (Å²) in [6.45, 7) is 1.85. The molecule has 4 aliphatic carbocycles. The van der Waals surface area contributed by atoms with E-state index in [1.165, 1.54) is 58.1 Å². The number of ether oxygens (including phenoxy) is 2. The first kappa shape index (κ1) is 22.9. The summed E-state index contributed by atoms with van der Waals surface area (Å²) in [6.07, 6.45) is 13.0. The molecule has 0 aromatic heterocycles. The van der Waals surface area contributed by atoms with E-state index in [1.54, 1.807) is 12.1 Å². The van der Waals surface area contributed by atoms with Crippen LogP contribution in [0.25, 0.3) is 6.08 Å². The number of ketones is 1. The van der Waals surface area contributed by atoms with E-state index in [9.17, 15) is 13.6 Å². The van der Waals surface area contributed by atoms with Gasteiger partial charge in [-0.2, -0.15) is 8.78 Å². The van der Waals surface area contributed by atoms with Crippen LogP contribution in [0.2, 0.25) is 0 Å². The Hall–Kier alpha value is -1.91. The van der Waals surface area contributed by atoms with Crippen molar-refractivity contribution >= 4 is 11.9 Å². The van der Waals surface area contributed by atoms with Crippen molar-refractivity contribution in [2.75, 3.05) is 7.11 Å². The van der Waals surface area contributed by atoms with E-state index in [0.717, 1.165) is 35.8 Å². The molecule has 5 heteroatoms. The van der Waals surface area contributed by atoms with E-state index in [0.29, 0.717) is 17.3 Å². The Morgan fingerprint density at radius 3 is 2.61 bits per heavy atom. The minimum atomic E-state index is -2.91. The second-order valence-electron chi connectivity index (χ2n) is 11.4. The molecule has 1 aromatic rings. The molecule has 0 amide bonds. The molecule has 6 atom stereocenters. The maximum atomic E-state index is 13.6. The lowest BCUT2D eigenvalue weighted by atomic mass is 9.45. The summed E-state index contributed by atoms with van der Waals surface area (Å²) in [6, 6.07) is 4.90. The Labute approximate surface area is 195 Å². The third-order valence-electron chi connectivity index (χ3n) is 9.97. The Balaban J connectivity index is 1.42. The zero-order chi connectivity index (χ0) is 23.4. The number of halogens is 2. The highest BCUT2D eigenvalue weighted by molar-refractivity contribution is 6.06. The lowest BCUT2D eigenvalue weighted by Gasteiger charge is -2.59. The van der Waals surface area contributed by atoms with Crippen molar-refractivity contribution in [3.8, 4) is 11.5 Å². The van der Waals surface area contributed by atoms with Gasteiger partial charge in [0.1, 0.15) is 0 Å². The van der Waals surface area contributed by atoms with Crippen LogP contribution in [0, 0.1) is 34.5 Å². The highest BCUT2D eigenvalue weighted by Gasteiger charge is 2.60. The molecule has 180 valence electrons. The number of alkyl halides is 2. The number of Topliss-reactive ketones (excluding diaryl/α,β-unsaturated/α-hetero) is 1. The van der Waals surface area contributed by atoms with Crippen LogP contribution in [0.3, 0.4) is 0 Å². The van der Waals surface area contributed by atoms with Crippen LogP contribution in [-0.4, -0.2) is 19.5 Å². The predicted molar refractivity (Wildman–Crippen MR) is 124 cm³/mol. The van der Waals surface area contributed by atoms with Crippen LogP contribution in [0.4, 0.5) is 8.78 Å². The first-order valence-corrected chi connectivity index (χ1v) is 12.6. The van der Waals surface area contributed by atoms with Gasteiger partial charge in [0.25, 0.3) is 0 Å². The number of fused-ring (bicyclic) bond motifs is 5. The van der Waals surface area contributed by atoms with Gasteiger partial charge in [0.2, 0.25) is 0 Å². The lowest BCUT2D eigenvalue weighted by molar-refractivity contribution is -0.137. The average Bonchev–Trinajstić information content (AvgIpc) is 3.04. The van der Waals surface area contributed by atoms with Gasteiger partial charge in [0.15, 0.2) is 17.3 Å². The summed E-state index contributed by atoms with van der Waals surface area (Å²) in [5.41, 5.74) is 1.85. The molecule has 0 bridgehead atoms. The van der Waals surface area contributed by atoms with Crippen molar-refractivity contribution < 1.29 is 23.0 Å². The van der Waals surface area contributed by atoms with E-state index in [4.69, 9.17) is 4.74 Å². The third kappa shape index (κ3) is 3.70. The Kier molecular flexibility index (Phi) is 5.81. The van der Waals surface area contributed by atoms with E-state index in [2.05, 4.69) is 18.6 Å². The fraction of sp³-hybridized carbons (Fsp3) is 0.679. The highest BCUT2D eigenvalue weighted by Crippen LogP contribution is 2.66. The summed E-state index contributed by atoms with van der Waals surface area (Å²) in [5, 5.41) is 0. The number of allylic oxidation sites excluding steroid dienone is 1. The van der Waals surface area contributed by atoms with E-state index < -0.39 is 6.61 Å². The van der Waals surface area contributed by atoms with Crippen molar-refractivity contribution in [2.45, 2.75) is 78.2 Å². The molecule has 0 unspecified atom stereocenters. The van der Waals surface area contributed by atoms with Gasteiger partial charge in [0.05, 0.1) is 7.11 Å². The first-order chi connectivity index (χ1) is 15.8. The van der Waals surface area contributed by atoms with Crippen molar-refractivity contribution in [1.82, 2.24) is 0 Å². The molecular formula is C28H36F2O3. The fourth-order valence-electron chi connectivity index (χ4n) is 8.26. The maximum absolute atomic E-state index is 13.6. The molecule has 0 aliphatic heterocycles. The van der Waals surface area contributed by atoms with E-state index in [1.807, 2.05) is 6.08 Å². The fourth-order valence-corrected chi connectivity index (χ4v) is 8.26. The zero-order valence-corrected chi connectivity index (χ0v) is 20.0. The average molecular weight is 459 g/mol. The summed E-state index contributed by atoms with van der Waals surface area (Å²) >= 11 is 0. The van der Waals surface area contributed by atoms with Gasteiger partial charge in [-0.1, -0.05) is 32.8 Å². The molecule has 4 fully saturated rings. The van der Waals surface area contributed by atoms with E-state index in [-0.39, 0.29) is 22.7 Å². The molecule has 5 rings (SSSR count). The van der Waals surface area contributed by atoms with Crippen molar-refractivity contribution in [3.63, 3.8) is 0 Å². The number of benzene rings is 1. The van der Waals surface area contributed by atoms with Gasteiger partial charge in [-0.15, -0.1) is 0 Å². The van der Waals surface area contributed by atoms with Crippen LogP contribution < -0.4 is 9.47 Å². The maximum Gasteiger partial charge on any atom is 0.387 e. The Bertz CT molecular complexity index is 956. The van der Waals surface area contributed by atoms with Crippen LogP contribution in [0.1, 0.15) is 77.2 Å². The van der Waals surface area contributed by atoms with Gasteiger partial charge in [-0.3, -0.25) is 4.79 Å². The van der Waals surface area contributed by atoms with Crippen molar-refractivity contribution in [2.24, 2.45) is 34.5 Å². The molecule has 0 saturated heterocycles. The lowest BCUT2D eigenvalue weighted by Crippen LogP contribution is -2.52. The molecule has 0 heterocycles. The Morgan fingerprint density at radius 2 is 1.85 bits per heavy atom. The number of rotatable bonds is 4. The predicted octanol–water partition coefficient (Wildman–Crippen LogP) is 7.29. The summed E-state index contributed by atoms with van der Waals surface area (Å²) in [4.78, 5) is 13.6. The molecule has 0 N–H and O–H groups in total. The first-order valence-electron chi connectivity index (χ1n) is 12.6. The molecule has 33 heavy (non-hydrogen) atoms. The SMILES string of the molecule is COc1cc(/C=C2/C[C@@H]3[C@H]4CC[C@@H]5CCCC[C@]5(C)[C@@H]4CC[C@]3(C)C2=O)ccc1OC(F)F. The second kappa shape index (κ2) is 8.39. The molecule has 3 nitrogen and oxygen atoms in total. The molecule has 4 aliphatic rings. The number of hydrogen-bond donors (Lipinski definition) is 0. The van der Waals surface area contributed by atoms with Crippen LogP contribution in [0.5, 0.6) is 11.5 Å². The third-order valence-corrected chi connectivity index (χ3v) is 9.97. The smallest absolute Gasteiger partial charge is 0.387 e. The van der Waals surface area contributed by atoms with E-state index >= 15 is 0 Å². The minimum absolute atomic E-state index is 0.00774. The molecule has 0 radical (unpaired) electrons. The van der Waals surface area contributed by atoms with Crippen LogP contribution in [-0.2, 0) is 4.79 Å². The summed E-state index contributed by atoms with van der Waals surface area (Å²) < 4.78 is 35.1. The molecule has 1 aromatic carbocycles. The molecular weight excluding hydrogens is 422 g/mol. The van der Waals surface area contributed by atoms with Crippen molar-refractivity contribution in [3.05, 3.63) is 29.3 Å². The summed E-state index contributed by atoms with van der Waals surface area (Å²) in [5.74, 6) is 3.20. The van der Waals surface area contributed by atoms with Gasteiger partial charge < -0.3 is 9.47 Å².